The van der Waals surface area contributed by atoms with Gasteiger partial charge in [-0.15, -0.1) is 0 Å². The molecule has 2 N–H and O–H groups in total. The zero-order valence-electron chi connectivity index (χ0n) is 15.4. The lowest BCUT2D eigenvalue weighted by molar-refractivity contribution is 0.414. The van der Waals surface area contributed by atoms with Crippen molar-refractivity contribution in [3.63, 3.8) is 0 Å². The maximum atomic E-state index is 10.8. The summed E-state index contributed by atoms with van der Waals surface area (Å²) in [4.78, 5) is 0. The van der Waals surface area contributed by atoms with Crippen LogP contribution in [-0.2, 0) is 17.3 Å². The van der Waals surface area contributed by atoms with Crippen LogP contribution >= 0.6 is 11.6 Å². The molecule has 2 nitrogen and oxygen atoms in total. The van der Waals surface area contributed by atoms with Crippen molar-refractivity contribution in [3.05, 3.63) is 57.6 Å². The van der Waals surface area contributed by atoms with E-state index < -0.39 is 0 Å². The van der Waals surface area contributed by atoms with E-state index in [4.69, 9.17) is 11.6 Å². The first-order valence-electron chi connectivity index (χ1n) is 8.24. The third kappa shape index (κ3) is 3.70. The third-order valence-electron chi connectivity index (χ3n) is 4.54. The largest absolute Gasteiger partial charge is 0.508 e. The van der Waals surface area contributed by atoms with Crippen LogP contribution in [0.4, 0.5) is 0 Å². The second-order valence-corrected chi connectivity index (χ2v) is 8.67. The van der Waals surface area contributed by atoms with Gasteiger partial charge >= 0.3 is 0 Å². The van der Waals surface area contributed by atoms with E-state index in [2.05, 4.69) is 40.7 Å². The first-order chi connectivity index (χ1) is 10.9. The lowest BCUT2D eigenvalue weighted by Gasteiger charge is -2.29. The van der Waals surface area contributed by atoms with Crippen LogP contribution in [0, 0.1) is 6.92 Å². The standard InChI is InChI=1S/C21H27ClO2/c1-13-7-8-14(19(24)18(13)20(2,3)4)12-21(5,6)16-10-9-15(22)11-17(16)23/h7-11,23-24H,12H2,1-6H3. The molecule has 2 aromatic carbocycles. The van der Waals surface area contributed by atoms with Crippen molar-refractivity contribution in [3.8, 4) is 11.5 Å². The fourth-order valence-electron chi connectivity index (χ4n) is 3.47. The van der Waals surface area contributed by atoms with Gasteiger partial charge in [-0.3, -0.25) is 0 Å². The van der Waals surface area contributed by atoms with Crippen molar-refractivity contribution in [2.45, 2.75) is 58.8 Å². The molecule has 0 radical (unpaired) electrons. The molecular weight excluding hydrogens is 320 g/mol. The van der Waals surface area contributed by atoms with E-state index in [1.165, 1.54) is 0 Å². The van der Waals surface area contributed by atoms with Crippen LogP contribution in [0.25, 0.3) is 0 Å². The molecule has 3 heteroatoms. The van der Waals surface area contributed by atoms with E-state index in [1.807, 2.05) is 19.1 Å². The number of phenols is 2. The van der Waals surface area contributed by atoms with Crippen molar-refractivity contribution in [1.29, 1.82) is 0 Å². The minimum Gasteiger partial charge on any atom is -0.508 e. The molecule has 0 heterocycles. The molecule has 0 unspecified atom stereocenters. The monoisotopic (exact) mass is 346 g/mol. The maximum Gasteiger partial charge on any atom is 0.122 e. The molecule has 0 spiro atoms. The zero-order chi connectivity index (χ0) is 18.3. The smallest absolute Gasteiger partial charge is 0.122 e. The van der Waals surface area contributed by atoms with Gasteiger partial charge in [-0.25, -0.2) is 0 Å². The highest BCUT2D eigenvalue weighted by molar-refractivity contribution is 6.30. The van der Waals surface area contributed by atoms with Crippen molar-refractivity contribution in [2.75, 3.05) is 0 Å². The summed E-state index contributed by atoms with van der Waals surface area (Å²) >= 11 is 5.94. The molecule has 0 bridgehead atoms. The summed E-state index contributed by atoms with van der Waals surface area (Å²) in [5.41, 5.74) is 3.33. The average molecular weight is 347 g/mol. The van der Waals surface area contributed by atoms with Gasteiger partial charge in [-0.1, -0.05) is 64.4 Å². The molecule has 0 aromatic heterocycles. The molecule has 0 aliphatic carbocycles. The minimum atomic E-state index is -0.337. The van der Waals surface area contributed by atoms with Gasteiger partial charge in [-0.2, -0.15) is 0 Å². The van der Waals surface area contributed by atoms with Gasteiger partial charge in [-0.05, 0) is 53.0 Å². The van der Waals surface area contributed by atoms with Crippen molar-refractivity contribution >= 4 is 11.6 Å². The Morgan fingerprint density at radius 1 is 0.958 bits per heavy atom. The topological polar surface area (TPSA) is 40.5 Å². The Morgan fingerprint density at radius 3 is 2.12 bits per heavy atom. The second kappa shape index (κ2) is 6.33. The number of hydrogen-bond donors (Lipinski definition) is 2. The number of hydrogen-bond acceptors (Lipinski definition) is 2. The third-order valence-corrected chi connectivity index (χ3v) is 4.78. The van der Waals surface area contributed by atoms with E-state index in [0.29, 0.717) is 17.2 Å². The number of aryl methyl sites for hydroxylation is 1. The summed E-state index contributed by atoms with van der Waals surface area (Å²) in [5, 5.41) is 21.6. The summed E-state index contributed by atoms with van der Waals surface area (Å²) in [7, 11) is 0. The highest BCUT2D eigenvalue weighted by Crippen LogP contribution is 2.41. The molecule has 0 aliphatic rings. The molecule has 0 atom stereocenters. The Bertz CT molecular complexity index is 755. The number of benzene rings is 2. The fraction of sp³-hybridized carbons (Fsp3) is 0.429. The summed E-state index contributed by atoms with van der Waals surface area (Å²) in [6.07, 6.45) is 0.622. The lowest BCUT2D eigenvalue weighted by Crippen LogP contribution is -2.22. The Morgan fingerprint density at radius 2 is 1.58 bits per heavy atom. The average Bonchev–Trinajstić information content (AvgIpc) is 2.40. The molecule has 2 aromatic rings. The van der Waals surface area contributed by atoms with Crippen LogP contribution in [-0.4, -0.2) is 10.2 Å². The number of halogens is 1. The van der Waals surface area contributed by atoms with Crippen LogP contribution in [0.2, 0.25) is 5.02 Å². The zero-order valence-corrected chi connectivity index (χ0v) is 16.1. The molecule has 130 valence electrons. The van der Waals surface area contributed by atoms with Gasteiger partial charge in [0.2, 0.25) is 0 Å². The van der Waals surface area contributed by atoms with Crippen LogP contribution in [0.15, 0.2) is 30.3 Å². The summed E-state index contributed by atoms with van der Waals surface area (Å²) in [6, 6.07) is 9.25. The van der Waals surface area contributed by atoms with Gasteiger partial charge in [0.1, 0.15) is 11.5 Å². The molecule has 0 aliphatic heterocycles. The second-order valence-electron chi connectivity index (χ2n) is 8.24. The van der Waals surface area contributed by atoms with Gasteiger partial charge in [0.05, 0.1) is 0 Å². The SMILES string of the molecule is Cc1ccc(CC(C)(C)c2ccc(Cl)cc2O)c(O)c1C(C)(C)C. The lowest BCUT2D eigenvalue weighted by atomic mass is 9.76. The predicted molar refractivity (Wildman–Crippen MR) is 101 cm³/mol. The first-order valence-corrected chi connectivity index (χ1v) is 8.62. The van der Waals surface area contributed by atoms with E-state index >= 15 is 0 Å². The normalized spacial score (nSPS) is 12.5. The molecule has 0 amide bonds. The van der Waals surface area contributed by atoms with E-state index in [-0.39, 0.29) is 16.6 Å². The fourth-order valence-corrected chi connectivity index (χ4v) is 3.64. The summed E-state index contributed by atoms with van der Waals surface area (Å²) < 4.78 is 0. The van der Waals surface area contributed by atoms with Crippen LogP contribution in [0.5, 0.6) is 11.5 Å². The van der Waals surface area contributed by atoms with Gasteiger partial charge in [0, 0.05) is 10.6 Å². The van der Waals surface area contributed by atoms with Crippen LogP contribution < -0.4 is 0 Å². The highest BCUT2D eigenvalue weighted by Gasteiger charge is 2.28. The number of rotatable bonds is 3. The Hall–Kier alpha value is -1.67. The highest BCUT2D eigenvalue weighted by atomic mass is 35.5. The van der Waals surface area contributed by atoms with Crippen molar-refractivity contribution in [2.24, 2.45) is 0 Å². The molecule has 0 fully saturated rings. The molecule has 24 heavy (non-hydrogen) atoms. The molecular formula is C21H27ClO2. The first kappa shape index (κ1) is 18.7. The Labute approximate surface area is 150 Å². The van der Waals surface area contributed by atoms with Crippen molar-refractivity contribution in [1.82, 2.24) is 0 Å². The van der Waals surface area contributed by atoms with Gasteiger partial charge < -0.3 is 10.2 Å². The van der Waals surface area contributed by atoms with Gasteiger partial charge in [0.15, 0.2) is 0 Å². The summed E-state index contributed by atoms with van der Waals surface area (Å²) in [5.74, 6) is 0.555. The van der Waals surface area contributed by atoms with Gasteiger partial charge in [0.25, 0.3) is 0 Å². The van der Waals surface area contributed by atoms with E-state index in [9.17, 15) is 10.2 Å². The molecule has 0 saturated heterocycles. The predicted octanol–water partition coefficient (Wildman–Crippen LogP) is 5.88. The van der Waals surface area contributed by atoms with E-state index in [1.54, 1.807) is 12.1 Å². The summed E-state index contributed by atoms with van der Waals surface area (Å²) in [6.45, 7) is 12.5. The number of phenolic OH excluding ortho intramolecular Hbond substituents is 2. The maximum absolute atomic E-state index is 10.8. The van der Waals surface area contributed by atoms with Crippen LogP contribution in [0.1, 0.15) is 56.9 Å². The molecule has 2 rings (SSSR count). The van der Waals surface area contributed by atoms with Crippen LogP contribution in [0.3, 0.4) is 0 Å². The number of aromatic hydroxyl groups is 2. The quantitative estimate of drug-likeness (QED) is 0.728. The molecule has 0 saturated carbocycles. The minimum absolute atomic E-state index is 0.128. The Balaban J connectivity index is 2.47. The Kier molecular flexibility index (Phi) is 4.92. The van der Waals surface area contributed by atoms with Crippen molar-refractivity contribution < 1.29 is 10.2 Å². The van der Waals surface area contributed by atoms with E-state index in [0.717, 1.165) is 22.3 Å².